The highest BCUT2D eigenvalue weighted by Gasteiger charge is 2.23. The topological polar surface area (TPSA) is 33.3 Å². The van der Waals surface area contributed by atoms with Gasteiger partial charge in [-0.05, 0) is 13.0 Å². The maximum atomic E-state index is 5.06. The molecule has 0 bridgehead atoms. The summed E-state index contributed by atoms with van der Waals surface area (Å²) in [4.78, 5) is 0. The normalized spacial score (nSPS) is 34.2. The molecule has 2 aliphatic heterocycles. The van der Waals surface area contributed by atoms with Crippen LogP contribution < -0.4 is 10.6 Å². The van der Waals surface area contributed by atoms with Gasteiger partial charge in [-0.15, -0.1) is 0 Å². The molecule has 0 amide bonds. The average molecular weight is 142 g/mol. The minimum atomic E-state index is 0.643. The van der Waals surface area contributed by atoms with Gasteiger partial charge in [-0.3, -0.25) is 0 Å². The first-order chi connectivity index (χ1) is 4.95. The molecule has 2 saturated heterocycles. The van der Waals surface area contributed by atoms with Gasteiger partial charge in [-0.25, -0.2) is 0 Å². The molecule has 0 radical (unpaired) electrons. The van der Waals surface area contributed by atoms with Crippen LogP contribution >= 0.6 is 0 Å². The fourth-order valence-corrected chi connectivity index (χ4v) is 1.46. The maximum absolute atomic E-state index is 5.06. The van der Waals surface area contributed by atoms with Crippen LogP contribution in [0.15, 0.2) is 0 Å². The van der Waals surface area contributed by atoms with Crippen LogP contribution in [0.3, 0.4) is 0 Å². The van der Waals surface area contributed by atoms with Crippen molar-refractivity contribution in [2.75, 3.05) is 26.3 Å². The lowest BCUT2D eigenvalue weighted by Crippen LogP contribution is -2.50. The fourth-order valence-electron chi connectivity index (χ4n) is 1.46. The predicted molar refractivity (Wildman–Crippen MR) is 39.0 cm³/mol. The first-order valence-corrected chi connectivity index (χ1v) is 3.99. The van der Waals surface area contributed by atoms with Gasteiger partial charge in [-0.1, -0.05) is 0 Å². The summed E-state index contributed by atoms with van der Waals surface area (Å²) in [6, 6.07) is 1.35. The lowest BCUT2D eigenvalue weighted by atomic mass is 10.2. The molecule has 0 unspecified atom stereocenters. The molecule has 2 heterocycles. The molecule has 3 nitrogen and oxygen atoms in total. The highest BCUT2D eigenvalue weighted by Crippen LogP contribution is 2.04. The number of rotatable bonds is 2. The lowest BCUT2D eigenvalue weighted by molar-refractivity contribution is -0.00902. The predicted octanol–water partition coefficient (Wildman–Crippen LogP) is -0.663. The molecule has 0 saturated carbocycles. The molecular weight excluding hydrogens is 128 g/mol. The Labute approximate surface area is 61.1 Å². The van der Waals surface area contributed by atoms with E-state index >= 15 is 0 Å². The van der Waals surface area contributed by atoms with Crippen LogP contribution in [0.1, 0.15) is 6.42 Å². The second kappa shape index (κ2) is 2.86. The minimum absolute atomic E-state index is 0.643. The van der Waals surface area contributed by atoms with Crippen LogP contribution in [-0.2, 0) is 4.74 Å². The Hall–Kier alpha value is -0.120. The highest BCUT2D eigenvalue weighted by atomic mass is 16.5. The molecule has 2 aliphatic rings. The van der Waals surface area contributed by atoms with Gasteiger partial charge >= 0.3 is 0 Å². The van der Waals surface area contributed by atoms with Crippen LogP contribution in [0.25, 0.3) is 0 Å². The van der Waals surface area contributed by atoms with Gasteiger partial charge in [0.1, 0.15) is 0 Å². The van der Waals surface area contributed by atoms with Gasteiger partial charge in [0.15, 0.2) is 0 Å². The molecule has 0 aromatic rings. The molecule has 10 heavy (non-hydrogen) atoms. The van der Waals surface area contributed by atoms with Crippen LogP contribution in [-0.4, -0.2) is 38.4 Å². The third-order valence-corrected chi connectivity index (χ3v) is 2.17. The highest BCUT2D eigenvalue weighted by molar-refractivity contribution is 4.83. The van der Waals surface area contributed by atoms with Gasteiger partial charge in [0, 0.05) is 12.6 Å². The SMILES string of the molecule is C1C[C@@H](NC2COC2)CN1. The van der Waals surface area contributed by atoms with Crippen molar-refractivity contribution >= 4 is 0 Å². The standard InChI is InChI=1S/C7H14N2O/c1-2-8-3-6(1)9-7-4-10-5-7/h6-9H,1-5H2/t6-/m1/s1. The monoisotopic (exact) mass is 142 g/mol. The molecule has 0 aromatic heterocycles. The van der Waals surface area contributed by atoms with E-state index in [2.05, 4.69) is 10.6 Å². The molecule has 0 spiro atoms. The first-order valence-electron chi connectivity index (χ1n) is 3.99. The zero-order valence-corrected chi connectivity index (χ0v) is 6.10. The van der Waals surface area contributed by atoms with E-state index in [0.29, 0.717) is 12.1 Å². The summed E-state index contributed by atoms with van der Waals surface area (Å²) in [6.45, 7) is 4.13. The molecule has 3 heteroatoms. The van der Waals surface area contributed by atoms with Crippen molar-refractivity contribution in [2.24, 2.45) is 0 Å². The second-order valence-electron chi connectivity index (χ2n) is 3.09. The smallest absolute Gasteiger partial charge is 0.0643 e. The van der Waals surface area contributed by atoms with Crippen molar-refractivity contribution in [2.45, 2.75) is 18.5 Å². The second-order valence-corrected chi connectivity index (χ2v) is 3.09. The molecule has 1 atom stereocenters. The van der Waals surface area contributed by atoms with E-state index in [0.717, 1.165) is 19.8 Å². The van der Waals surface area contributed by atoms with E-state index in [-0.39, 0.29) is 0 Å². The summed E-state index contributed by atoms with van der Waals surface area (Å²) in [5, 5.41) is 6.85. The van der Waals surface area contributed by atoms with Crippen LogP contribution in [0.5, 0.6) is 0 Å². The largest absolute Gasteiger partial charge is 0.378 e. The summed E-state index contributed by atoms with van der Waals surface area (Å²) < 4.78 is 5.06. The number of hydrogen-bond donors (Lipinski definition) is 2. The van der Waals surface area contributed by atoms with E-state index in [4.69, 9.17) is 4.74 Å². The van der Waals surface area contributed by atoms with Gasteiger partial charge < -0.3 is 15.4 Å². The summed E-state index contributed by atoms with van der Waals surface area (Å²) in [5.41, 5.74) is 0. The van der Waals surface area contributed by atoms with Gasteiger partial charge in [0.05, 0.1) is 19.3 Å². The third-order valence-electron chi connectivity index (χ3n) is 2.17. The van der Waals surface area contributed by atoms with Crippen LogP contribution in [0, 0.1) is 0 Å². The number of ether oxygens (including phenoxy) is 1. The lowest BCUT2D eigenvalue weighted by Gasteiger charge is -2.29. The molecule has 2 fully saturated rings. The van der Waals surface area contributed by atoms with E-state index in [1.54, 1.807) is 0 Å². The Morgan fingerprint density at radius 1 is 1.30 bits per heavy atom. The Balaban J connectivity index is 1.68. The Bertz CT molecular complexity index is 108. The quantitative estimate of drug-likeness (QED) is 0.537. The average Bonchev–Trinajstić information content (AvgIpc) is 2.29. The Morgan fingerprint density at radius 2 is 2.20 bits per heavy atom. The summed E-state index contributed by atoms with van der Waals surface area (Å²) in [7, 11) is 0. The molecule has 58 valence electrons. The molecule has 0 aromatic carbocycles. The summed E-state index contributed by atoms with van der Waals surface area (Å²) >= 11 is 0. The Morgan fingerprint density at radius 3 is 2.70 bits per heavy atom. The van der Waals surface area contributed by atoms with Gasteiger partial charge in [0.2, 0.25) is 0 Å². The van der Waals surface area contributed by atoms with Crippen molar-refractivity contribution in [1.29, 1.82) is 0 Å². The zero-order valence-electron chi connectivity index (χ0n) is 6.10. The fraction of sp³-hybridized carbons (Fsp3) is 1.00. The molecule has 0 aliphatic carbocycles. The van der Waals surface area contributed by atoms with Gasteiger partial charge in [-0.2, -0.15) is 0 Å². The first kappa shape index (κ1) is 6.58. The van der Waals surface area contributed by atoms with E-state index < -0.39 is 0 Å². The Kier molecular flexibility index (Phi) is 1.88. The molecular formula is C7H14N2O. The van der Waals surface area contributed by atoms with Crippen LogP contribution in [0.2, 0.25) is 0 Å². The summed E-state index contributed by atoms with van der Waals surface area (Å²) in [5.74, 6) is 0. The van der Waals surface area contributed by atoms with Crippen molar-refractivity contribution in [3.63, 3.8) is 0 Å². The number of nitrogens with one attached hydrogen (secondary N) is 2. The molecule has 2 N–H and O–H groups in total. The van der Waals surface area contributed by atoms with Crippen LogP contribution in [0.4, 0.5) is 0 Å². The third kappa shape index (κ3) is 1.31. The van der Waals surface area contributed by atoms with Gasteiger partial charge in [0.25, 0.3) is 0 Å². The van der Waals surface area contributed by atoms with Crippen molar-refractivity contribution in [1.82, 2.24) is 10.6 Å². The maximum Gasteiger partial charge on any atom is 0.0643 e. The summed E-state index contributed by atoms with van der Waals surface area (Å²) in [6.07, 6.45) is 1.27. The van der Waals surface area contributed by atoms with Crippen molar-refractivity contribution in [3.05, 3.63) is 0 Å². The van der Waals surface area contributed by atoms with E-state index in [1.807, 2.05) is 0 Å². The minimum Gasteiger partial charge on any atom is -0.378 e. The molecule has 2 rings (SSSR count). The van der Waals surface area contributed by atoms with Crippen molar-refractivity contribution < 1.29 is 4.74 Å². The van der Waals surface area contributed by atoms with E-state index in [1.165, 1.54) is 13.0 Å². The number of hydrogen-bond acceptors (Lipinski definition) is 3. The van der Waals surface area contributed by atoms with E-state index in [9.17, 15) is 0 Å². The zero-order chi connectivity index (χ0) is 6.81. The van der Waals surface area contributed by atoms with Crippen molar-refractivity contribution in [3.8, 4) is 0 Å².